The highest BCUT2D eigenvalue weighted by Gasteiger charge is 2.30. The van der Waals surface area contributed by atoms with E-state index in [2.05, 4.69) is 15.4 Å². The Kier molecular flexibility index (Phi) is 4.44. The molecule has 2 aromatic heterocycles. The number of alkyl halides is 3. The molecule has 0 atom stereocenters. The SMILES string of the molecule is O=C(O)CNC(=O)c1c(O)cc(-c2ccc(C(F)(F)F)cc2)n2ncnc12. The average Bonchev–Trinajstić information content (AvgIpc) is 3.07. The molecule has 0 aliphatic carbocycles. The molecule has 0 saturated carbocycles. The Labute approximate surface area is 148 Å². The number of carbonyl (C=O) groups is 2. The number of halogens is 3. The highest BCUT2D eigenvalue weighted by atomic mass is 19.4. The van der Waals surface area contributed by atoms with Crippen molar-refractivity contribution in [2.75, 3.05) is 6.54 Å². The molecule has 0 radical (unpaired) electrons. The molecule has 8 nitrogen and oxygen atoms in total. The van der Waals surface area contributed by atoms with Gasteiger partial charge in [0, 0.05) is 11.6 Å². The maximum atomic E-state index is 12.7. The van der Waals surface area contributed by atoms with Crippen LogP contribution in [0.2, 0.25) is 0 Å². The van der Waals surface area contributed by atoms with Crippen LogP contribution in [0.5, 0.6) is 5.75 Å². The van der Waals surface area contributed by atoms with Gasteiger partial charge in [-0.3, -0.25) is 9.59 Å². The van der Waals surface area contributed by atoms with E-state index in [-0.39, 0.29) is 16.9 Å². The van der Waals surface area contributed by atoms with Crippen molar-refractivity contribution in [1.29, 1.82) is 0 Å². The molecule has 11 heteroatoms. The van der Waals surface area contributed by atoms with Crippen molar-refractivity contribution in [3.63, 3.8) is 0 Å². The van der Waals surface area contributed by atoms with Gasteiger partial charge in [-0.15, -0.1) is 0 Å². The number of aromatic nitrogens is 3. The van der Waals surface area contributed by atoms with Crippen molar-refractivity contribution in [3.8, 4) is 17.0 Å². The molecule has 27 heavy (non-hydrogen) atoms. The third-order valence-electron chi connectivity index (χ3n) is 3.66. The minimum Gasteiger partial charge on any atom is -0.507 e. The zero-order valence-corrected chi connectivity index (χ0v) is 13.4. The number of aliphatic carboxylic acids is 1. The molecule has 3 N–H and O–H groups in total. The number of hydrogen-bond donors (Lipinski definition) is 3. The van der Waals surface area contributed by atoms with E-state index < -0.39 is 35.9 Å². The molecule has 1 amide bonds. The molecule has 0 unspecified atom stereocenters. The topological polar surface area (TPSA) is 117 Å². The summed E-state index contributed by atoms with van der Waals surface area (Å²) in [6, 6.07) is 5.29. The molecule has 2 heterocycles. The van der Waals surface area contributed by atoms with Crippen LogP contribution in [0.4, 0.5) is 13.2 Å². The van der Waals surface area contributed by atoms with E-state index in [1.807, 2.05) is 0 Å². The smallest absolute Gasteiger partial charge is 0.416 e. The Morgan fingerprint density at radius 3 is 2.44 bits per heavy atom. The first-order valence-corrected chi connectivity index (χ1v) is 7.42. The first-order chi connectivity index (χ1) is 12.7. The van der Waals surface area contributed by atoms with E-state index in [1.165, 1.54) is 12.1 Å². The molecular weight excluding hydrogens is 369 g/mol. The highest BCUT2D eigenvalue weighted by molar-refractivity contribution is 6.03. The van der Waals surface area contributed by atoms with Gasteiger partial charge >= 0.3 is 12.1 Å². The Morgan fingerprint density at radius 1 is 1.19 bits per heavy atom. The number of carbonyl (C=O) groups excluding carboxylic acids is 1. The number of nitrogens with zero attached hydrogens (tertiary/aromatic N) is 3. The van der Waals surface area contributed by atoms with Gasteiger partial charge in [-0.2, -0.15) is 18.3 Å². The molecule has 0 fully saturated rings. The predicted octanol–water partition coefficient (Wildman–Crippen LogP) is 1.94. The molecule has 140 valence electrons. The van der Waals surface area contributed by atoms with E-state index in [0.717, 1.165) is 29.0 Å². The zero-order chi connectivity index (χ0) is 19.8. The van der Waals surface area contributed by atoms with Gasteiger partial charge in [-0.1, -0.05) is 12.1 Å². The van der Waals surface area contributed by atoms with E-state index >= 15 is 0 Å². The van der Waals surface area contributed by atoms with Gasteiger partial charge in [0.15, 0.2) is 5.65 Å². The number of rotatable bonds is 4. The van der Waals surface area contributed by atoms with Gasteiger partial charge in [0.05, 0.1) is 11.3 Å². The van der Waals surface area contributed by atoms with Gasteiger partial charge in [0.2, 0.25) is 0 Å². The van der Waals surface area contributed by atoms with Gasteiger partial charge in [0.1, 0.15) is 24.2 Å². The lowest BCUT2D eigenvalue weighted by molar-refractivity contribution is -0.137. The monoisotopic (exact) mass is 380 g/mol. The Bertz CT molecular complexity index is 1030. The number of benzene rings is 1. The third kappa shape index (κ3) is 3.52. The van der Waals surface area contributed by atoms with E-state index in [1.54, 1.807) is 0 Å². The summed E-state index contributed by atoms with van der Waals surface area (Å²) in [5, 5.41) is 24.9. The highest BCUT2D eigenvalue weighted by Crippen LogP contribution is 2.33. The second kappa shape index (κ2) is 6.59. The van der Waals surface area contributed by atoms with Crippen LogP contribution in [0.1, 0.15) is 15.9 Å². The van der Waals surface area contributed by atoms with Crippen LogP contribution in [-0.2, 0) is 11.0 Å². The van der Waals surface area contributed by atoms with Crippen molar-refractivity contribution >= 4 is 17.5 Å². The van der Waals surface area contributed by atoms with Crippen molar-refractivity contribution < 1.29 is 33.0 Å². The molecule has 0 spiro atoms. The van der Waals surface area contributed by atoms with Crippen LogP contribution < -0.4 is 5.32 Å². The number of nitrogens with one attached hydrogen (secondary N) is 1. The molecule has 0 aliphatic heterocycles. The van der Waals surface area contributed by atoms with Crippen LogP contribution in [0.25, 0.3) is 16.9 Å². The predicted molar refractivity (Wildman–Crippen MR) is 85.1 cm³/mol. The number of pyridine rings is 1. The molecule has 1 aromatic carbocycles. The lowest BCUT2D eigenvalue weighted by Gasteiger charge is -2.12. The molecule has 0 aliphatic rings. The van der Waals surface area contributed by atoms with Gasteiger partial charge in [-0.25, -0.2) is 9.50 Å². The van der Waals surface area contributed by atoms with Crippen molar-refractivity contribution in [2.24, 2.45) is 0 Å². The van der Waals surface area contributed by atoms with Gasteiger partial charge in [-0.05, 0) is 12.1 Å². The van der Waals surface area contributed by atoms with Crippen molar-refractivity contribution in [3.05, 3.63) is 47.8 Å². The summed E-state index contributed by atoms with van der Waals surface area (Å²) in [4.78, 5) is 26.6. The van der Waals surface area contributed by atoms with Crippen molar-refractivity contribution in [2.45, 2.75) is 6.18 Å². The zero-order valence-electron chi connectivity index (χ0n) is 13.4. The number of amides is 1. The fourth-order valence-corrected chi connectivity index (χ4v) is 2.46. The van der Waals surface area contributed by atoms with Crippen LogP contribution >= 0.6 is 0 Å². The fourth-order valence-electron chi connectivity index (χ4n) is 2.46. The van der Waals surface area contributed by atoms with Crippen LogP contribution in [0.15, 0.2) is 36.7 Å². The van der Waals surface area contributed by atoms with E-state index in [9.17, 15) is 27.9 Å². The Morgan fingerprint density at radius 2 is 1.85 bits per heavy atom. The van der Waals surface area contributed by atoms with E-state index in [0.29, 0.717) is 5.56 Å². The molecule has 3 aromatic rings. The molecule has 3 rings (SSSR count). The maximum Gasteiger partial charge on any atom is 0.416 e. The lowest BCUT2D eigenvalue weighted by Crippen LogP contribution is -2.29. The van der Waals surface area contributed by atoms with Crippen LogP contribution in [0, 0.1) is 0 Å². The van der Waals surface area contributed by atoms with E-state index in [4.69, 9.17) is 5.11 Å². The van der Waals surface area contributed by atoms with Crippen molar-refractivity contribution in [1.82, 2.24) is 19.9 Å². The molecule has 0 bridgehead atoms. The summed E-state index contributed by atoms with van der Waals surface area (Å²) in [5.74, 6) is -2.68. The minimum atomic E-state index is -4.49. The summed E-state index contributed by atoms with van der Waals surface area (Å²) >= 11 is 0. The summed E-state index contributed by atoms with van der Waals surface area (Å²) in [5.41, 5.74) is -0.720. The first-order valence-electron chi connectivity index (χ1n) is 7.42. The minimum absolute atomic E-state index is 0.0761. The number of fused-ring (bicyclic) bond motifs is 1. The first kappa shape index (κ1) is 18.2. The second-order valence-electron chi connectivity index (χ2n) is 5.44. The fraction of sp³-hybridized carbons (Fsp3) is 0.125. The van der Waals surface area contributed by atoms with Gasteiger partial charge in [0.25, 0.3) is 5.91 Å². The summed E-state index contributed by atoms with van der Waals surface area (Å²) in [7, 11) is 0. The summed E-state index contributed by atoms with van der Waals surface area (Å²) in [6.45, 7) is -0.667. The quantitative estimate of drug-likeness (QED) is 0.637. The second-order valence-corrected chi connectivity index (χ2v) is 5.44. The van der Waals surface area contributed by atoms with Crippen LogP contribution in [0.3, 0.4) is 0 Å². The largest absolute Gasteiger partial charge is 0.507 e. The van der Waals surface area contributed by atoms with Gasteiger partial charge < -0.3 is 15.5 Å². The standard InChI is InChI=1S/C16H11F3N4O4/c17-16(18,19)9-3-1-8(2-4-9)10-5-11(24)13(14-21-7-22-23(10)14)15(27)20-6-12(25)26/h1-5,7,24H,6H2,(H,20,27)(H,25,26). The Balaban J connectivity index is 2.07. The number of carboxylic acids is 1. The normalized spacial score (nSPS) is 11.5. The molecule has 0 saturated heterocycles. The lowest BCUT2D eigenvalue weighted by atomic mass is 10.1. The summed E-state index contributed by atoms with van der Waals surface area (Å²) in [6.07, 6.45) is -3.40. The maximum absolute atomic E-state index is 12.7. The molecular formula is C16H11F3N4O4. The summed E-state index contributed by atoms with van der Waals surface area (Å²) < 4.78 is 39.3. The number of hydrogen-bond acceptors (Lipinski definition) is 5. The Hall–Kier alpha value is -3.63. The average molecular weight is 380 g/mol. The number of aromatic hydroxyl groups is 1. The van der Waals surface area contributed by atoms with Crippen LogP contribution in [-0.4, -0.2) is 43.2 Å². The number of carboxylic acid groups (broad SMARTS) is 1. The third-order valence-corrected chi connectivity index (χ3v) is 3.66.